The SMILES string of the molecule is Cc1ncn(CC(=O)Nc2cnc(N3CCCC3)nc2)c(=O)c1C. The van der Waals surface area contributed by atoms with Gasteiger partial charge >= 0.3 is 0 Å². The predicted molar refractivity (Wildman–Crippen MR) is 90.1 cm³/mol. The summed E-state index contributed by atoms with van der Waals surface area (Å²) in [7, 11) is 0. The second-order valence-corrected chi connectivity index (χ2v) is 5.90. The molecule has 0 aromatic carbocycles. The molecule has 1 N–H and O–H groups in total. The number of aryl methyl sites for hydroxylation is 1. The van der Waals surface area contributed by atoms with Crippen molar-refractivity contribution in [3.8, 4) is 0 Å². The first-order valence-electron chi connectivity index (χ1n) is 7.94. The van der Waals surface area contributed by atoms with E-state index in [9.17, 15) is 9.59 Å². The van der Waals surface area contributed by atoms with Crippen molar-refractivity contribution in [3.05, 3.63) is 40.3 Å². The van der Waals surface area contributed by atoms with Crippen LogP contribution in [0.4, 0.5) is 11.6 Å². The fraction of sp³-hybridized carbons (Fsp3) is 0.438. The molecular formula is C16H20N6O2. The van der Waals surface area contributed by atoms with Crippen LogP contribution >= 0.6 is 0 Å². The number of anilines is 2. The molecule has 2 aromatic heterocycles. The minimum absolute atomic E-state index is 0.0964. The van der Waals surface area contributed by atoms with Crippen LogP contribution in [0.3, 0.4) is 0 Å². The van der Waals surface area contributed by atoms with Crippen molar-refractivity contribution < 1.29 is 4.79 Å². The summed E-state index contributed by atoms with van der Waals surface area (Å²) in [6, 6.07) is 0. The topological polar surface area (TPSA) is 93.0 Å². The second kappa shape index (κ2) is 6.77. The first-order valence-corrected chi connectivity index (χ1v) is 7.94. The summed E-state index contributed by atoms with van der Waals surface area (Å²) >= 11 is 0. The van der Waals surface area contributed by atoms with Crippen LogP contribution < -0.4 is 15.8 Å². The van der Waals surface area contributed by atoms with Crippen LogP contribution in [0.1, 0.15) is 24.1 Å². The summed E-state index contributed by atoms with van der Waals surface area (Å²) in [5.41, 5.74) is 1.51. The summed E-state index contributed by atoms with van der Waals surface area (Å²) < 4.78 is 1.29. The molecule has 0 aliphatic carbocycles. The van der Waals surface area contributed by atoms with E-state index in [-0.39, 0.29) is 18.0 Å². The van der Waals surface area contributed by atoms with Crippen LogP contribution in [0.2, 0.25) is 0 Å². The molecule has 1 aliphatic rings. The van der Waals surface area contributed by atoms with Crippen LogP contribution in [-0.2, 0) is 11.3 Å². The Morgan fingerprint density at radius 3 is 2.50 bits per heavy atom. The summed E-state index contributed by atoms with van der Waals surface area (Å²) in [6.07, 6.45) is 6.86. The maximum absolute atomic E-state index is 12.1. The second-order valence-electron chi connectivity index (χ2n) is 5.90. The van der Waals surface area contributed by atoms with E-state index in [0.717, 1.165) is 25.9 Å². The largest absolute Gasteiger partial charge is 0.341 e. The normalized spacial score (nSPS) is 14.0. The third-order valence-corrected chi connectivity index (χ3v) is 4.14. The van der Waals surface area contributed by atoms with Gasteiger partial charge in [0, 0.05) is 24.3 Å². The van der Waals surface area contributed by atoms with E-state index in [1.54, 1.807) is 26.2 Å². The van der Waals surface area contributed by atoms with Gasteiger partial charge < -0.3 is 10.2 Å². The van der Waals surface area contributed by atoms with E-state index in [4.69, 9.17) is 0 Å². The molecule has 126 valence electrons. The molecule has 24 heavy (non-hydrogen) atoms. The Hall–Kier alpha value is -2.77. The number of aromatic nitrogens is 4. The highest BCUT2D eigenvalue weighted by molar-refractivity contribution is 5.90. The zero-order valence-corrected chi connectivity index (χ0v) is 13.8. The Morgan fingerprint density at radius 1 is 1.17 bits per heavy atom. The highest BCUT2D eigenvalue weighted by atomic mass is 16.2. The van der Waals surface area contributed by atoms with E-state index >= 15 is 0 Å². The molecule has 0 unspecified atom stereocenters. The lowest BCUT2D eigenvalue weighted by Gasteiger charge is -2.14. The lowest BCUT2D eigenvalue weighted by molar-refractivity contribution is -0.116. The number of hydrogen-bond acceptors (Lipinski definition) is 6. The number of rotatable bonds is 4. The zero-order chi connectivity index (χ0) is 17.1. The fourth-order valence-electron chi connectivity index (χ4n) is 2.61. The average molecular weight is 328 g/mol. The Morgan fingerprint density at radius 2 is 1.83 bits per heavy atom. The van der Waals surface area contributed by atoms with Crippen molar-refractivity contribution in [2.75, 3.05) is 23.3 Å². The lowest BCUT2D eigenvalue weighted by atomic mass is 10.3. The smallest absolute Gasteiger partial charge is 0.256 e. The molecule has 1 aliphatic heterocycles. The summed E-state index contributed by atoms with van der Waals surface area (Å²) in [4.78, 5) is 39.0. The van der Waals surface area contributed by atoms with Crippen LogP contribution in [0.25, 0.3) is 0 Å². The van der Waals surface area contributed by atoms with Gasteiger partial charge in [0.15, 0.2) is 0 Å². The standard InChI is InChI=1S/C16H20N6O2/c1-11-12(2)19-10-22(15(11)24)9-14(23)20-13-7-17-16(18-8-13)21-5-3-4-6-21/h7-8,10H,3-6,9H2,1-2H3,(H,20,23). The Kier molecular flexibility index (Phi) is 4.54. The van der Waals surface area contributed by atoms with Gasteiger partial charge in [0.25, 0.3) is 5.56 Å². The van der Waals surface area contributed by atoms with E-state index in [1.165, 1.54) is 10.9 Å². The minimum Gasteiger partial charge on any atom is -0.341 e. The molecule has 0 spiro atoms. The van der Waals surface area contributed by atoms with E-state index in [2.05, 4.69) is 25.2 Å². The molecule has 8 nitrogen and oxygen atoms in total. The summed E-state index contributed by atoms with van der Waals surface area (Å²) in [6.45, 7) is 5.30. The Bertz CT molecular complexity index is 793. The molecule has 1 fully saturated rings. The zero-order valence-electron chi connectivity index (χ0n) is 13.8. The van der Waals surface area contributed by atoms with Crippen molar-refractivity contribution in [1.29, 1.82) is 0 Å². The number of amides is 1. The maximum atomic E-state index is 12.1. The number of carbonyl (C=O) groups is 1. The summed E-state index contributed by atoms with van der Waals surface area (Å²) in [5.74, 6) is 0.361. The van der Waals surface area contributed by atoms with Gasteiger partial charge in [0.05, 0.1) is 24.4 Å². The van der Waals surface area contributed by atoms with Crippen molar-refractivity contribution in [2.45, 2.75) is 33.2 Å². The average Bonchev–Trinajstić information content (AvgIpc) is 3.11. The molecular weight excluding hydrogens is 308 g/mol. The molecule has 1 saturated heterocycles. The van der Waals surface area contributed by atoms with Crippen molar-refractivity contribution in [3.63, 3.8) is 0 Å². The van der Waals surface area contributed by atoms with Gasteiger partial charge in [0.2, 0.25) is 11.9 Å². The molecule has 0 atom stereocenters. The molecule has 0 bridgehead atoms. The Balaban J connectivity index is 1.64. The highest BCUT2D eigenvalue weighted by Crippen LogP contribution is 2.16. The van der Waals surface area contributed by atoms with E-state index < -0.39 is 0 Å². The number of carbonyl (C=O) groups excluding carboxylic acids is 1. The number of hydrogen-bond donors (Lipinski definition) is 1. The van der Waals surface area contributed by atoms with E-state index in [1.807, 2.05) is 0 Å². The van der Waals surface area contributed by atoms with Crippen LogP contribution in [0.5, 0.6) is 0 Å². The Labute approximate surface area is 139 Å². The molecule has 0 saturated carbocycles. The molecule has 8 heteroatoms. The van der Waals surface area contributed by atoms with Crippen LogP contribution in [0.15, 0.2) is 23.5 Å². The van der Waals surface area contributed by atoms with Crippen molar-refractivity contribution in [1.82, 2.24) is 19.5 Å². The first kappa shape index (κ1) is 16.1. The molecule has 2 aromatic rings. The van der Waals surface area contributed by atoms with Gasteiger partial charge in [0.1, 0.15) is 6.54 Å². The highest BCUT2D eigenvalue weighted by Gasteiger charge is 2.15. The van der Waals surface area contributed by atoms with Gasteiger partial charge in [-0.05, 0) is 26.7 Å². The van der Waals surface area contributed by atoms with Gasteiger partial charge in [-0.2, -0.15) is 0 Å². The van der Waals surface area contributed by atoms with Gasteiger partial charge in [-0.15, -0.1) is 0 Å². The number of nitrogens with one attached hydrogen (secondary N) is 1. The third kappa shape index (κ3) is 3.42. The molecule has 1 amide bonds. The number of nitrogens with zero attached hydrogens (tertiary/aromatic N) is 5. The molecule has 0 radical (unpaired) electrons. The predicted octanol–water partition coefficient (Wildman–Crippen LogP) is 0.889. The van der Waals surface area contributed by atoms with E-state index in [0.29, 0.717) is 22.9 Å². The van der Waals surface area contributed by atoms with Crippen LogP contribution in [0, 0.1) is 13.8 Å². The van der Waals surface area contributed by atoms with Crippen molar-refractivity contribution in [2.24, 2.45) is 0 Å². The first-order chi connectivity index (χ1) is 11.5. The van der Waals surface area contributed by atoms with Gasteiger partial charge in [-0.25, -0.2) is 15.0 Å². The quantitative estimate of drug-likeness (QED) is 0.896. The minimum atomic E-state index is -0.320. The molecule has 3 rings (SSSR count). The van der Waals surface area contributed by atoms with Crippen LogP contribution in [-0.4, -0.2) is 38.5 Å². The third-order valence-electron chi connectivity index (χ3n) is 4.14. The molecule has 3 heterocycles. The van der Waals surface area contributed by atoms with Gasteiger partial charge in [-0.1, -0.05) is 0 Å². The monoisotopic (exact) mass is 328 g/mol. The fourth-order valence-corrected chi connectivity index (χ4v) is 2.61. The van der Waals surface area contributed by atoms with Gasteiger partial charge in [-0.3, -0.25) is 14.2 Å². The summed E-state index contributed by atoms with van der Waals surface area (Å²) in [5, 5.41) is 2.70. The van der Waals surface area contributed by atoms with Crippen molar-refractivity contribution >= 4 is 17.5 Å². The maximum Gasteiger partial charge on any atom is 0.256 e. The lowest BCUT2D eigenvalue weighted by Crippen LogP contribution is -2.29.